The van der Waals surface area contributed by atoms with Crippen molar-refractivity contribution in [2.75, 3.05) is 31.7 Å². The number of aromatic nitrogens is 1. The molecule has 1 aliphatic rings. The van der Waals surface area contributed by atoms with E-state index in [2.05, 4.69) is 48.5 Å². The van der Waals surface area contributed by atoms with Crippen LogP contribution >= 0.6 is 0 Å². The number of carbonyl (C=O) groups excluding carboxylic acids is 1. The smallest absolute Gasteiger partial charge is 0.330 e. The van der Waals surface area contributed by atoms with Crippen molar-refractivity contribution in [3.63, 3.8) is 0 Å². The molecule has 2 rings (SSSR count). The van der Waals surface area contributed by atoms with Gasteiger partial charge in [0, 0.05) is 37.3 Å². The summed E-state index contributed by atoms with van der Waals surface area (Å²) in [5.41, 5.74) is 0.265. The Bertz CT molecular complexity index is 701. The number of hydrogen-bond donors (Lipinski definition) is 0. The fraction of sp³-hybridized carbons (Fsp3) is 0.600. The number of methoxy groups -OCH3 is 1. The van der Waals surface area contributed by atoms with Gasteiger partial charge in [-0.05, 0) is 42.8 Å². The average Bonchev–Trinajstić information content (AvgIpc) is 3.06. The molecule has 1 fully saturated rings. The lowest BCUT2D eigenvalue weighted by Crippen LogP contribution is -2.42. The first-order valence-electron chi connectivity index (χ1n) is 9.35. The highest BCUT2D eigenvalue weighted by Crippen LogP contribution is 2.37. The average molecular weight is 395 g/mol. The third kappa shape index (κ3) is 5.62. The zero-order valence-corrected chi connectivity index (χ0v) is 18.2. The second kappa shape index (κ2) is 8.52. The Hall–Kier alpha value is -1.73. The van der Waals surface area contributed by atoms with Gasteiger partial charge in [-0.2, -0.15) is 4.39 Å². The molecule has 1 aromatic rings. The first-order chi connectivity index (χ1) is 12.5. The van der Waals surface area contributed by atoms with E-state index < -0.39 is 20.2 Å². The van der Waals surface area contributed by atoms with E-state index in [9.17, 15) is 9.18 Å². The SMILES string of the molecule is COC(=O)/C=C/c1ccc(N2CC[C@H](CO[Si](C)(C)C(C)(C)C)C2)nc1F. The fourth-order valence-electron chi connectivity index (χ4n) is 2.68. The molecule has 2 heterocycles. The first-order valence-corrected chi connectivity index (χ1v) is 12.3. The third-order valence-electron chi connectivity index (χ3n) is 5.56. The van der Waals surface area contributed by atoms with E-state index in [1.807, 2.05) is 0 Å². The van der Waals surface area contributed by atoms with Crippen molar-refractivity contribution in [1.82, 2.24) is 4.98 Å². The second-order valence-corrected chi connectivity index (χ2v) is 13.4. The van der Waals surface area contributed by atoms with Crippen LogP contribution in [0.4, 0.5) is 10.2 Å². The molecule has 0 amide bonds. The number of nitrogens with zero attached hydrogens (tertiary/aromatic N) is 2. The van der Waals surface area contributed by atoms with Crippen LogP contribution in [0.2, 0.25) is 18.1 Å². The zero-order valence-electron chi connectivity index (χ0n) is 17.2. The minimum Gasteiger partial charge on any atom is -0.466 e. The van der Waals surface area contributed by atoms with E-state index in [0.29, 0.717) is 11.7 Å². The zero-order chi connectivity index (χ0) is 20.2. The van der Waals surface area contributed by atoms with Crippen LogP contribution < -0.4 is 4.90 Å². The lowest BCUT2D eigenvalue weighted by atomic mass is 10.1. The molecule has 0 bridgehead atoms. The topological polar surface area (TPSA) is 51.7 Å². The van der Waals surface area contributed by atoms with Crippen LogP contribution in [0, 0.1) is 11.9 Å². The molecule has 27 heavy (non-hydrogen) atoms. The minimum atomic E-state index is -1.75. The molecule has 0 N–H and O–H groups in total. The van der Waals surface area contributed by atoms with Crippen LogP contribution in [0.1, 0.15) is 32.8 Å². The summed E-state index contributed by atoms with van der Waals surface area (Å²) < 4.78 is 25.1. The molecule has 0 aromatic carbocycles. The fourth-order valence-corrected chi connectivity index (χ4v) is 3.77. The van der Waals surface area contributed by atoms with Gasteiger partial charge in [0.15, 0.2) is 8.32 Å². The lowest BCUT2D eigenvalue weighted by molar-refractivity contribution is -0.134. The lowest BCUT2D eigenvalue weighted by Gasteiger charge is -2.37. The largest absolute Gasteiger partial charge is 0.466 e. The minimum absolute atomic E-state index is 0.198. The summed E-state index contributed by atoms with van der Waals surface area (Å²) in [5, 5.41) is 0.198. The molecule has 150 valence electrons. The molecule has 5 nitrogen and oxygen atoms in total. The summed E-state index contributed by atoms with van der Waals surface area (Å²) in [6.07, 6.45) is 3.57. The highest BCUT2D eigenvalue weighted by atomic mass is 28.4. The number of ether oxygens (including phenoxy) is 1. The van der Waals surface area contributed by atoms with Crippen molar-refractivity contribution >= 4 is 26.2 Å². The van der Waals surface area contributed by atoms with Crippen molar-refractivity contribution < 1.29 is 18.3 Å². The molecule has 1 saturated heterocycles. The predicted molar refractivity (Wildman–Crippen MR) is 109 cm³/mol. The number of carbonyl (C=O) groups is 1. The van der Waals surface area contributed by atoms with Gasteiger partial charge >= 0.3 is 5.97 Å². The van der Waals surface area contributed by atoms with Gasteiger partial charge in [-0.25, -0.2) is 9.78 Å². The van der Waals surface area contributed by atoms with E-state index in [1.165, 1.54) is 19.3 Å². The normalized spacial score (nSPS) is 18.3. The molecule has 1 aliphatic heterocycles. The molecule has 0 saturated carbocycles. The van der Waals surface area contributed by atoms with E-state index in [1.54, 1.807) is 12.1 Å². The van der Waals surface area contributed by atoms with Crippen LogP contribution in [0.15, 0.2) is 18.2 Å². The maximum atomic E-state index is 14.2. The monoisotopic (exact) mass is 394 g/mol. The van der Waals surface area contributed by atoms with E-state index in [4.69, 9.17) is 4.43 Å². The summed E-state index contributed by atoms with van der Waals surface area (Å²) >= 11 is 0. The Morgan fingerprint density at radius 3 is 2.70 bits per heavy atom. The molecule has 7 heteroatoms. The summed E-state index contributed by atoms with van der Waals surface area (Å²) in [6, 6.07) is 3.42. The molecule has 0 spiro atoms. The Morgan fingerprint density at radius 1 is 1.41 bits per heavy atom. The number of anilines is 1. The second-order valence-electron chi connectivity index (χ2n) is 8.58. The summed E-state index contributed by atoms with van der Waals surface area (Å²) in [7, 11) is -0.471. The maximum Gasteiger partial charge on any atom is 0.330 e. The predicted octanol–water partition coefficient (Wildman–Crippen LogP) is 4.26. The van der Waals surface area contributed by atoms with Crippen LogP contribution in [0.25, 0.3) is 6.08 Å². The van der Waals surface area contributed by atoms with Gasteiger partial charge in [-0.15, -0.1) is 0 Å². The van der Waals surface area contributed by atoms with E-state index in [-0.39, 0.29) is 10.6 Å². The molecular formula is C20H31FN2O3Si. The highest BCUT2D eigenvalue weighted by Gasteiger charge is 2.38. The Balaban J connectivity index is 1.96. The van der Waals surface area contributed by atoms with Crippen molar-refractivity contribution in [3.8, 4) is 0 Å². The third-order valence-corrected chi connectivity index (χ3v) is 10.1. The highest BCUT2D eigenvalue weighted by molar-refractivity contribution is 6.74. The van der Waals surface area contributed by atoms with Crippen LogP contribution in [0.3, 0.4) is 0 Å². The maximum absolute atomic E-state index is 14.2. The number of pyridine rings is 1. The van der Waals surface area contributed by atoms with Crippen LogP contribution in [-0.2, 0) is 14.0 Å². The standard InChI is InChI=1S/C20H31FN2O3Si/c1-20(2,3)27(5,6)26-14-15-11-12-23(13-15)17-9-7-16(19(21)22-17)8-10-18(24)25-4/h7-10,15H,11-14H2,1-6H3/b10-8+/t15-/m0/s1. The van der Waals surface area contributed by atoms with Gasteiger partial charge < -0.3 is 14.1 Å². The molecular weight excluding hydrogens is 363 g/mol. The summed E-state index contributed by atoms with van der Waals surface area (Å²) in [6.45, 7) is 13.6. The van der Waals surface area contributed by atoms with Gasteiger partial charge in [0.05, 0.1) is 7.11 Å². The van der Waals surface area contributed by atoms with Gasteiger partial charge in [0.1, 0.15) is 5.82 Å². The molecule has 1 aromatic heterocycles. The summed E-state index contributed by atoms with van der Waals surface area (Å²) in [4.78, 5) is 17.3. The molecule has 0 radical (unpaired) electrons. The molecule has 0 unspecified atom stereocenters. The molecule has 0 aliphatic carbocycles. The number of rotatable bonds is 6. The number of hydrogen-bond acceptors (Lipinski definition) is 5. The van der Waals surface area contributed by atoms with Gasteiger partial charge in [0.25, 0.3) is 0 Å². The van der Waals surface area contributed by atoms with Gasteiger partial charge in [0.2, 0.25) is 5.95 Å². The number of halogens is 1. The van der Waals surface area contributed by atoms with Gasteiger partial charge in [-0.1, -0.05) is 20.8 Å². The van der Waals surface area contributed by atoms with E-state index in [0.717, 1.165) is 26.1 Å². The number of esters is 1. The van der Waals surface area contributed by atoms with Crippen LogP contribution in [0.5, 0.6) is 0 Å². The van der Waals surface area contributed by atoms with Crippen molar-refractivity contribution in [1.29, 1.82) is 0 Å². The Labute approximate surface area is 162 Å². The van der Waals surface area contributed by atoms with E-state index >= 15 is 0 Å². The Morgan fingerprint density at radius 2 is 2.11 bits per heavy atom. The van der Waals surface area contributed by atoms with Crippen molar-refractivity contribution in [2.24, 2.45) is 5.92 Å². The molecule has 1 atom stereocenters. The van der Waals surface area contributed by atoms with Gasteiger partial charge in [-0.3, -0.25) is 0 Å². The van der Waals surface area contributed by atoms with Crippen molar-refractivity contribution in [3.05, 3.63) is 29.7 Å². The van der Waals surface area contributed by atoms with Crippen LogP contribution in [-0.4, -0.2) is 46.1 Å². The quantitative estimate of drug-likeness (QED) is 0.312. The first kappa shape index (κ1) is 21.6. The summed E-state index contributed by atoms with van der Waals surface area (Å²) in [5.74, 6) is -0.0587. The van der Waals surface area contributed by atoms with Crippen molar-refractivity contribution in [2.45, 2.75) is 45.3 Å². The Kier molecular flexibility index (Phi) is 6.81.